The molecule has 6 heterocycles. The van der Waals surface area contributed by atoms with Crippen LogP contribution < -0.4 is 0 Å². The van der Waals surface area contributed by atoms with Crippen LogP contribution >= 0.6 is 0 Å². The number of ether oxygens (including phenoxy) is 7. The average Bonchev–Trinajstić information content (AvgIpc) is 1.62. The summed E-state index contributed by atoms with van der Waals surface area (Å²) in [7, 11) is 2.58. The summed E-state index contributed by atoms with van der Waals surface area (Å²) >= 11 is 0. The van der Waals surface area contributed by atoms with Gasteiger partial charge >= 0.3 is 59.7 Å². The summed E-state index contributed by atoms with van der Waals surface area (Å²) in [6, 6.07) is 58.4. The summed E-state index contributed by atoms with van der Waals surface area (Å²) < 4.78 is 45.2. The molecule has 0 amide bonds. The molecule has 6 aromatic carbocycles. The van der Waals surface area contributed by atoms with E-state index >= 15 is 0 Å². The summed E-state index contributed by atoms with van der Waals surface area (Å²) in [6.45, 7) is 13.8. The number of methoxy groups -OCH3 is 2. The highest BCUT2D eigenvalue weighted by Gasteiger charge is 2.56. The molecule has 636 valence electrons. The lowest BCUT2D eigenvalue weighted by atomic mass is 10.1. The molecule has 2 saturated carbocycles. The van der Waals surface area contributed by atoms with Crippen LogP contribution in [0.25, 0.3) is 0 Å². The minimum Gasteiger partial charge on any atom is -0.481 e. The topological polar surface area (TPSA) is 403 Å². The molecule has 0 aliphatic heterocycles. The Kier molecular flexibility index (Phi) is 33.0. The normalized spacial score (nSPS) is 13.7. The van der Waals surface area contributed by atoms with Crippen LogP contribution in [-0.4, -0.2) is 178 Å². The highest BCUT2D eigenvalue weighted by atomic mass is 16.6. The molecule has 0 radical (unpaired) electrons. The Balaban J connectivity index is 0.000000167. The number of carboxylic acid groups (broad SMARTS) is 3. The number of hydrogen-bond donors (Lipinski definition) is 3. The van der Waals surface area contributed by atoms with Crippen molar-refractivity contribution in [2.45, 2.75) is 134 Å². The van der Waals surface area contributed by atoms with Gasteiger partial charge in [-0.05, 0) is 81.8 Å². The average molecular weight is 1670 g/mol. The molecule has 14 rings (SSSR count). The number of aromatic nitrogens is 12. The summed E-state index contributed by atoms with van der Waals surface area (Å²) in [6.07, 6.45) is 19.6. The first-order valence-electron chi connectivity index (χ1n) is 39.0. The zero-order chi connectivity index (χ0) is 87.9. The van der Waals surface area contributed by atoms with Crippen molar-refractivity contribution in [2.75, 3.05) is 34.0 Å². The first-order valence-corrected chi connectivity index (χ1v) is 39.0. The highest BCUT2D eigenvalue weighted by Crippen LogP contribution is 2.42. The van der Waals surface area contributed by atoms with Crippen LogP contribution in [0.3, 0.4) is 0 Å². The van der Waals surface area contributed by atoms with E-state index in [1.54, 1.807) is 67.7 Å². The molecule has 3 N–H and O–H groups in total. The van der Waals surface area contributed by atoms with Gasteiger partial charge in [-0.3, -0.25) is 9.59 Å². The number of nitrogens with zero attached hydrogens (tertiary/aromatic N) is 12. The molecule has 2 aliphatic rings. The number of hydrogen-bond acceptors (Lipinski definition) is 23. The Bertz CT molecular complexity index is 5410. The second-order valence-corrected chi connectivity index (χ2v) is 28.0. The standard InChI is InChI=1S/C17H18N2O4.C16H16N2O4.C16H18N2O4.C15H16N2O4.C14H16N2O2.C12H12N2O2/c1-12(13-6-4-3-5-7-13)19-11-18-10-14(19)15(20)23-17(8-9-17)16(21)22-2;1-11(12-5-3-2-4-6-12)18-10-17-9-13(18)14(19)22-16(7-8-16)15(20)21;1-12(13-6-4-3-5-7-13)18-11-17-10-14(18)16(20)22-9-8-15(19)21-2;1-11(12-5-3-2-4-6-12)17-10-16-9-13(17)15(20)21-8-7-14(18)19;1-3-18-14(17)13-9-15-10-16(13)11(2)12-7-5-4-6-8-12;1-9(10-5-3-2-4-6-10)14-8-13-7-11(14)12(15)16/h3-7,10-12H,8-9H2,1-2H3;2-6,9-11H,7-8H2,1H3,(H,20,21);3-7,10-12H,8-9H2,1-2H3;2-6,9-11H,7-8H2,1H3,(H,18,19);4-11H,3H2,1-2H3;2-9H,1H3,(H,15,16)/t12-;11-;12-;2*11-;9-/m111111/s1. The molecule has 32 heteroatoms. The van der Waals surface area contributed by atoms with E-state index in [1.165, 1.54) is 51.4 Å². The molecule has 0 spiro atoms. The third-order valence-electron chi connectivity index (χ3n) is 20.0. The number of carboxylic acids is 3. The van der Waals surface area contributed by atoms with Crippen molar-refractivity contribution in [3.05, 3.63) is 325 Å². The number of benzene rings is 6. The van der Waals surface area contributed by atoms with Crippen molar-refractivity contribution >= 4 is 59.7 Å². The first-order chi connectivity index (χ1) is 58.8. The Labute approximate surface area is 703 Å². The van der Waals surface area contributed by atoms with E-state index in [4.69, 9.17) is 43.7 Å². The van der Waals surface area contributed by atoms with Gasteiger partial charge in [-0.2, -0.15) is 0 Å². The number of aromatic carboxylic acids is 1. The molecule has 6 aromatic heterocycles. The minimum absolute atomic E-state index is 0.0175. The Morgan fingerprint density at radius 3 is 0.820 bits per heavy atom. The summed E-state index contributed by atoms with van der Waals surface area (Å²) in [4.78, 5) is 140. The Hall–Kier alpha value is -14.7. The lowest BCUT2D eigenvalue weighted by Crippen LogP contribution is -2.31. The lowest BCUT2D eigenvalue weighted by molar-refractivity contribution is -0.153. The summed E-state index contributed by atoms with van der Waals surface area (Å²) in [5, 5.41) is 26.6. The second-order valence-electron chi connectivity index (χ2n) is 28.0. The SMILES string of the molecule is CCOC(=O)c1cncn1[C@H](C)c1ccccc1.COC(=O)C1(OC(=O)c2cncn2[C@H](C)c2ccccc2)CC1.COC(=O)CCOC(=O)c1cncn1[C@H](C)c1ccccc1.C[C@H](c1ccccc1)n1cncc1C(=O)O.C[C@H](c1ccccc1)n1cncc1C(=O)OC1(C(=O)O)CC1.C[C@H](c1ccccc1)n1cncc1C(=O)OCCC(=O)O. The predicted octanol–water partition coefficient (Wildman–Crippen LogP) is 13.8. The van der Waals surface area contributed by atoms with Crippen molar-refractivity contribution in [3.8, 4) is 0 Å². The van der Waals surface area contributed by atoms with Gasteiger partial charge in [0.2, 0.25) is 11.2 Å². The number of rotatable bonds is 29. The van der Waals surface area contributed by atoms with Crippen LogP contribution in [-0.2, 0) is 52.3 Å². The molecule has 2 aliphatic carbocycles. The molecule has 0 unspecified atom stereocenters. The van der Waals surface area contributed by atoms with Crippen LogP contribution in [0.15, 0.2) is 257 Å². The minimum atomic E-state index is -1.35. The zero-order valence-corrected chi connectivity index (χ0v) is 68.7. The molecule has 2 fully saturated rings. The fraction of sp³-hybridized carbons (Fsp3) is 0.289. The van der Waals surface area contributed by atoms with Gasteiger partial charge in [-0.1, -0.05) is 182 Å². The predicted molar refractivity (Wildman–Crippen MR) is 442 cm³/mol. The van der Waals surface area contributed by atoms with E-state index in [1.807, 2.05) is 228 Å². The monoisotopic (exact) mass is 1660 g/mol. The van der Waals surface area contributed by atoms with E-state index in [-0.39, 0.29) is 79.7 Å². The molecule has 6 atom stereocenters. The molecule has 12 aromatic rings. The maximum absolute atomic E-state index is 12.4. The van der Waals surface area contributed by atoms with Crippen molar-refractivity contribution in [3.63, 3.8) is 0 Å². The smallest absolute Gasteiger partial charge is 0.357 e. The van der Waals surface area contributed by atoms with E-state index < -0.39 is 64.9 Å². The van der Waals surface area contributed by atoms with E-state index in [9.17, 15) is 47.9 Å². The van der Waals surface area contributed by atoms with Crippen LogP contribution in [0.1, 0.15) is 220 Å². The number of carbonyl (C=O) groups excluding carboxylic acids is 7. The van der Waals surface area contributed by atoms with Crippen molar-refractivity contribution in [1.82, 2.24) is 57.3 Å². The van der Waals surface area contributed by atoms with Gasteiger partial charge in [-0.25, -0.2) is 68.3 Å². The molecule has 0 saturated heterocycles. The first kappa shape index (κ1) is 91.2. The van der Waals surface area contributed by atoms with Gasteiger partial charge < -0.3 is 75.9 Å². The fourth-order valence-electron chi connectivity index (χ4n) is 12.5. The second kappa shape index (κ2) is 44.2. The van der Waals surface area contributed by atoms with Crippen LogP contribution in [0.4, 0.5) is 0 Å². The number of carbonyl (C=O) groups is 10. The van der Waals surface area contributed by atoms with E-state index in [0.717, 1.165) is 33.4 Å². The van der Waals surface area contributed by atoms with Crippen molar-refractivity contribution < 1.29 is 96.4 Å². The van der Waals surface area contributed by atoms with Crippen molar-refractivity contribution in [2.24, 2.45) is 0 Å². The Morgan fingerprint density at radius 2 is 0.582 bits per heavy atom. The van der Waals surface area contributed by atoms with Gasteiger partial charge in [0.05, 0.1) is 145 Å². The van der Waals surface area contributed by atoms with Gasteiger partial charge in [0.15, 0.2) is 0 Å². The highest BCUT2D eigenvalue weighted by molar-refractivity contribution is 5.94. The van der Waals surface area contributed by atoms with Crippen LogP contribution in [0.5, 0.6) is 0 Å². The summed E-state index contributed by atoms with van der Waals surface area (Å²) in [5.41, 5.74) is 5.80. The Morgan fingerprint density at radius 1 is 0.336 bits per heavy atom. The summed E-state index contributed by atoms with van der Waals surface area (Å²) in [5.74, 6) is -6.61. The van der Waals surface area contributed by atoms with Crippen molar-refractivity contribution in [1.29, 1.82) is 0 Å². The van der Waals surface area contributed by atoms with Crippen LogP contribution in [0, 0.1) is 0 Å². The number of aliphatic carboxylic acids is 2. The maximum Gasteiger partial charge on any atom is 0.357 e. The third kappa shape index (κ3) is 24.5. The lowest BCUT2D eigenvalue weighted by Gasteiger charge is -2.18. The fourth-order valence-corrected chi connectivity index (χ4v) is 12.5. The molecular formula is C90H96N12O20. The number of imidazole rings is 6. The zero-order valence-electron chi connectivity index (χ0n) is 68.7. The van der Waals surface area contributed by atoms with E-state index in [0.29, 0.717) is 55.1 Å². The van der Waals surface area contributed by atoms with Gasteiger partial charge in [0, 0.05) is 25.7 Å². The molecule has 32 nitrogen and oxygen atoms in total. The van der Waals surface area contributed by atoms with Crippen LogP contribution in [0.2, 0.25) is 0 Å². The largest absolute Gasteiger partial charge is 0.481 e. The number of esters is 7. The third-order valence-corrected chi connectivity index (χ3v) is 20.0. The maximum atomic E-state index is 12.4. The van der Waals surface area contributed by atoms with E-state index in [2.05, 4.69) is 34.6 Å². The van der Waals surface area contributed by atoms with Gasteiger partial charge in [-0.15, -0.1) is 0 Å². The molecular weight excluding hydrogens is 1570 g/mol. The van der Waals surface area contributed by atoms with Gasteiger partial charge in [0.25, 0.3) is 0 Å². The molecule has 122 heavy (non-hydrogen) atoms. The molecule has 0 bridgehead atoms. The van der Waals surface area contributed by atoms with Gasteiger partial charge in [0.1, 0.15) is 47.4 Å². The quantitative estimate of drug-likeness (QED) is 0.0289.